The topological polar surface area (TPSA) is 105 Å². The number of sulfonamides is 1. The van der Waals surface area contributed by atoms with Gasteiger partial charge in [-0.05, 0) is 18.9 Å². The van der Waals surface area contributed by atoms with Crippen molar-refractivity contribution < 1.29 is 27.5 Å². The number of benzene rings is 1. The molecular formula is C18H22ClN3O6S. The third-order valence-electron chi connectivity index (χ3n) is 5.34. The van der Waals surface area contributed by atoms with Crippen LogP contribution in [0.15, 0.2) is 17.0 Å². The molecule has 0 aliphatic carbocycles. The Balaban J connectivity index is 1.55. The molecule has 1 aromatic carbocycles. The summed E-state index contributed by atoms with van der Waals surface area (Å²) in [5, 5.41) is 2.60. The lowest BCUT2D eigenvalue weighted by Crippen LogP contribution is -2.49. The predicted molar refractivity (Wildman–Crippen MR) is 104 cm³/mol. The van der Waals surface area contributed by atoms with Crippen LogP contribution in [0.3, 0.4) is 0 Å². The minimum atomic E-state index is -3.92. The van der Waals surface area contributed by atoms with Crippen LogP contribution in [0.4, 0.5) is 5.69 Å². The summed E-state index contributed by atoms with van der Waals surface area (Å²) in [5.74, 6) is -0.491. The van der Waals surface area contributed by atoms with Crippen molar-refractivity contribution in [3.63, 3.8) is 0 Å². The quantitative estimate of drug-likeness (QED) is 0.745. The number of piperidine rings is 1. The molecule has 11 heteroatoms. The summed E-state index contributed by atoms with van der Waals surface area (Å²) in [6, 6.07) is 2.71. The minimum Gasteiger partial charge on any atom is -0.482 e. The van der Waals surface area contributed by atoms with Gasteiger partial charge in [0.05, 0.1) is 29.8 Å². The van der Waals surface area contributed by atoms with Crippen LogP contribution < -0.4 is 10.1 Å². The average Bonchev–Trinajstić information content (AvgIpc) is 2.73. The molecule has 29 heavy (non-hydrogen) atoms. The number of nitrogens with one attached hydrogen (secondary N) is 1. The fourth-order valence-electron chi connectivity index (χ4n) is 3.82. The SMILES string of the molecule is O=C1COc2cc(S(=O)(=O)N3CCCC(C(=O)N4CCOCC4)C3)c(Cl)cc2N1. The van der Waals surface area contributed by atoms with E-state index in [1.807, 2.05) is 0 Å². The van der Waals surface area contributed by atoms with Gasteiger partial charge in [-0.25, -0.2) is 8.42 Å². The number of morpholine rings is 1. The van der Waals surface area contributed by atoms with Crippen LogP contribution >= 0.6 is 11.6 Å². The Kier molecular flexibility index (Phi) is 5.69. The van der Waals surface area contributed by atoms with E-state index in [-0.39, 0.29) is 46.6 Å². The number of halogens is 1. The Morgan fingerprint density at radius 1 is 1.21 bits per heavy atom. The number of anilines is 1. The van der Waals surface area contributed by atoms with E-state index in [9.17, 15) is 18.0 Å². The van der Waals surface area contributed by atoms with Crippen molar-refractivity contribution in [2.45, 2.75) is 17.7 Å². The first kappa shape index (κ1) is 20.4. The number of hydrogen-bond donors (Lipinski definition) is 1. The Morgan fingerprint density at radius 3 is 2.72 bits per heavy atom. The van der Waals surface area contributed by atoms with Gasteiger partial charge in [-0.2, -0.15) is 4.31 Å². The van der Waals surface area contributed by atoms with Gasteiger partial charge in [-0.15, -0.1) is 0 Å². The van der Waals surface area contributed by atoms with E-state index < -0.39 is 10.0 Å². The van der Waals surface area contributed by atoms with Crippen molar-refractivity contribution in [3.8, 4) is 5.75 Å². The summed E-state index contributed by atoms with van der Waals surface area (Å²) >= 11 is 6.23. The van der Waals surface area contributed by atoms with E-state index in [0.29, 0.717) is 51.4 Å². The molecule has 1 unspecified atom stereocenters. The number of ether oxygens (including phenoxy) is 2. The summed E-state index contributed by atoms with van der Waals surface area (Å²) in [7, 11) is -3.92. The van der Waals surface area contributed by atoms with Gasteiger partial charge in [0.15, 0.2) is 6.61 Å². The molecule has 1 aromatic rings. The van der Waals surface area contributed by atoms with Crippen molar-refractivity contribution in [3.05, 3.63) is 17.2 Å². The lowest BCUT2D eigenvalue weighted by molar-refractivity contribution is -0.140. The smallest absolute Gasteiger partial charge is 0.262 e. The van der Waals surface area contributed by atoms with Gasteiger partial charge in [0.1, 0.15) is 10.6 Å². The van der Waals surface area contributed by atoms with Crippen LogP contribution in [-0.4, -0.2) is 75.4 Å². The van der Waals surface area contributed by atoms with Crippen molar-refractivity contribution in [2.75, 3.05) is 51.3 Å². The second kappa shape index (κ2) is 8.10. The second-order valence-electron chi connectivity index (χ2n) is 7.26. The Morgan fingerprint density at radius 2 is 1.97 bits per heavy atom. The number of carbonyl (C=O) groups is 2. The monoisotopic (exact) mass is 443 g/mol. The number of rotatable bonds is 3. The first-order chi connectivity index (χ1) is 13.9. The fraction of sp³-hybridized carbons (Fsp3) is 0.556. The zero-order valence-corrected chi connectivity index (χ0v) is 17.3. The van der Waals surface area contributed by atoms with Gasteiger partial charge in [0.25, 0.3) is 5.91 Å². The minimum absolute atomic E-state index is 0.00354. The zero-order chi connectivity index (χ0) is 20.6. The van der Waals surface area contributed by atoms with Crippen LogP contribution in [-0.2, 0) is 24.3 Å². The lowest BCUT2D eigenvalue weighted by Gasteiger charge is -2.35. The molecule has 0 aromatic heterocycles. The fourth-order valence-corrected chi connectivity index (χ4v) is 5.86. The van der Waals surface area contributed by atoms with Crippen LogP contribution in [0.1, 0.15) is 12.8 Å². The number of carbonyl (C=O) groups excluding carboxylic acids is 2. The number of fused-ring (bicyclic) bond motifs is 1. The molecule has 2 fully saturated rings. The number of hydrogen-bond acceptors (Lipinski definition) is 6. The molecule has 3 aliphatic heterocycles. The summed E-state index contributed by atoms with van der Waals surface area (Å²) in [5.41, 5.74) is 0.337. The Bertz CT molecular complexity index is 932. The molecule has 0 radical (unpaired) electrons. The van der Waals surface area contributed by atoms with Crippen LogP contribution in [0.25, 0.3) is 0 Å². The van der Waals surface area contributed by atoms with Gasteiger partial charge < -0.3 is 19.7 Å². The summed E-state index contributed by atoms with van der Waals surface area (Å²) in [6.45, 7) is 2.31. The van der Waals surface area contributed by atoms with Crippen LogP contribution in [0, 0.1) is 5.92 Å². The zero-order valence-electron chi connectivity index (χ0n) is 15.7. The van der Waals surface area contributed by atoms with E-state index >= 15 is 0 Å². The Labute approximate surface area is 173 Å². The summed E-state index contributed by atoms with van der Waals surface area (Å²) in [4.78, 5) is 25.9. The maximum atomic E-state index is 13.3. The van der Waals surface area contributed by atoms with Gasteiger partial charge >= 0.3 is 0 Å². The molecule has 3 aliphatic rings. The maximum absolute atomic E-state index is 13.3. The largest absolute Gasteiger partial charge is 0.482 e. The van der Waals surface area contributed by atoms with Crippen LogP contribution in [0.5, 0.6) is 5.75 Å². The maximum Gasteiger partial charge on any atom is 0.262 e. The van der Waals surface area contributed by atoms with Gasteiger partial charge in [-0.3, -0.25) is 9.59 Å². The Hall–Kier alpha value is -1.88. The van der Waals surface area contributed by atoms with Crippen LogP contribution in [0.2, 0.25) is 5.02 Å². The molecule has 2 saturated heterocycles. The normalized spacial score (nSPS) is 23.1. The number of amides is 2. The molecule has 3 heterocycles. The van der Waals surface area contributed by atoms with Crippen molar-refractivity contribution in [1.82, 2.24) is 9.21 Å². The van der Waals surface area contributed by atoms with Gasteiger partial charge in [0.2, 0.25) is 15.9 Å². The lowest BCUT2D eigenvalue weighted by atomic mass is 9.98. The molecule has 0 saturated carbocycles. The summed E-state index contributed by atoms with van der Waals surface area (Å²) < 4.78 is 38.4. The second-order valence-corrected chi connectivity index (χ2v) is 9.57. The summed E-state index contributed by atoms with van der Waals surface area (Å²) in [6.07, 6.45) is 1.24. The molecule has 9 nitrogen and oxygen atoms in total. The highest BCUT2D eigenvalue weighted by Crippen LogP contribution is 2.37. The highest BCUT2D eigenvalue weighted by Gasteiger charge is 2.37. The molecule has 1 N–H and O–H groups in total. The van der Waals surface area contributed by atoms with E-state index in [1.54, 1.807) is 4.90 Å². The van der Waals surface area contributed by atoms with E-state index in [1.165, 1.54) is 16.4 Å². The standard InChI is InChI=1S/C18H22ClN3O6S/c19-13-8-14-15(28-11-17(23)20-14)9-16(13)29(25,26)22-3-1-2-12(10-22)18(24)21-4-6-27-7-5-21/h8-9,12H,1-7,10-11H2,(H,20,23). The third kappa shape index (κ3) is 4.07. The number of nitrogens with zero attached hydrogens (tertiary/aromatic N) is 2. The molecule has 158 valence electrons. The van der Waals surface area contributed by atoms with Crippen molar-refractivity contribution >= 4 is 39.1 Å². The van der Waals surface area contributed by atoms with E-state index in [0.717, 1.165) is 0 Å². The first-order valence-electron chi connectivity index (χ1n) is 9.49. The highest BCUT2D eigenvalue weighted by molar-refractivity contribution is 7.89. The molecule has 2 amide bonds. The van der Waals surface area contributed by atoms with E-state index in [4.69, 9.17) is 21.1 Å². The molecule has 0 bridgehead atoms. The molecular weight excluding hydrogens is 422 g/mol. The molecule has 0 spiro atoms. The van der Waals surface area contributed by atoms with E-state index in [2.05, 4.69) is 5.32 Å². The third-order valence-corrected chi connectivity index (χ3v) is 7.67. The van der Waals surface area contributed by atoms with Gasteiger partial charge in [0, 0.05) is 32.2 Å². The molecule has 1 atom stereocenters. The predicted octanol–water partition coefficient (Wildman–Crippen LogP) is 0.930. The first-order valence-corrected chi connectivity index (χ1v) is 11.3. The van der Waals surface area contributed by atoms with Gasteiger partial charge in [-0.1, -0.05) is 11.6 Å². The average molecular weight is 444 g/mol. The molecule has 4 rings (SSSR count). The van der Waals surface area contributed by atoms with Crippen molar-refractivity contribution in [1.29, 1.82) is 0 Å². The highest BCUT2D eigenvalue weighted by atomic mass is 35.5. The van der Waals surface area contributed by atoms with Crippen molar-refractivity contribution in [2.24, 2.45) is 5.92 Å².